The quantitative estimate of drug-likeness (QED) is 0.0409. The van der Waals surface area contributed by atoms with Crippen LogP contribution in [0.15, 0.2) is 90.1 Å². The van der Waals surface area contributed by atoms with E-state index in [9.17, 15) is 37.5 Å². The molecule has 0 bridgehead atoms. The van der Waals surface area contributed by atoms with Crippen molar-refractivity contribution >= 4 is 51.3 Å². The molecular weight excluding hydrogens is 818 g/mol. The number of hydrogen-bond acceptors (Lipinski definition) is 10. The first-order valence-electron chi connectivity index (χ1n) is 20.9. The second-order valence-electron chi connectivity index (χ2n) is 15.7. The first-order valence-corrected chi connectivity index (χ1v) is 20.9. The van der Waals surface area contributed by atoms with Crippen molar-refractivity contribution in [2.75, 3.05) is 37.4 Å². The summed E-state index contributed by atoms with van der Waals surface area (Å²) in [5.74, 6) is 0.0592. The number of esters is 1. The number of ether oxygens (including phenoxy) is 1. The Morgan fingerprint density at radius 2 is 1.78 bits per heavy atom. The van der Waals surface area contributed by atoms with Crippen molar-refractivity contribution in [2.45, 2.75) is 84.2 Å². The minimum absolute atomic E-state index is 0.204. The summed E-state index contributed by atoms with van der Waals surface area (Å²) >= 11 is 0. The molecule has 5 N–H and O–H groups in total. The minimum atomic E-state index is -4.49. The number of fused-ring (bicyclic) bond motifs is 2. The number of aryl methyl sites for hydroxylation is 1. The number of alkyl halides is 3. The molecule has 1 fully saturated rings. The lowest BCUT2D eigenvalue weighted by atomic mass is 9.89. The first-order chi connectivity index (χ1) is 30.1. The summed E-state index contributed by atoms with van der Waals surface area (Å²) in [4.78, 5) is 50.1. The molecule has 1 saturated carbocycles. The van der Waals surface area contributed by atoms with Crippen molar-refractivity contribution in [1.29, 1.82) is 0 Å². The number of rotatable bonds is 14. The lowest BCUT2D eigenvalue weighted by Gasteiger charge is -2.21. The van der Waals surface area contributed by atoms with Gasteiger partial charge in [0.15, 0.2) is 6.29 Å². The molecule has 7 rings (SSSR count). The predicted octanol–water partition coefficient (Wildman–Crippen LogP) is 7.92. The molecule has 0 saturated heterocycles. The Labute approximate surface area is 363 Å². The maximum Gasteiger partial charge on any atom is 0.433 e. The van der Waals surface area contributed by atoms with Gasteiger partial charge in [0.2, 0.25) is 0 Å². The Bertz CT molecular complexity index is 2520. The molecular formula is C46H55F3N8O6. The summed E-state index contributed by atoms with van der Waals surface area (Å²) in [6, 6.07) is 17.6. The molecule has 0 aliphatic heterocycles. The van der Waals surface area contributed by atoms with Gasteiger partial charge in [-0.05, 0) is 108 Å². The number of pyridine rings is 2. The zero-order valence-corrected chi connectivity index (χ0v) is 35.9. The number of carbonyl (C=O) groups excluding carboxylic acids is 3. The highest BCUT2D eigenvalue weighted by atomic mass is 19.4. The molecule has 4 heterocycles. The summed E-state index contributed by atoms with van der Waals surface area (Å²) in [5, 5.41) is 28.4. The molecule has 336 valence electrons. The van der Waals surface area contributed by atoms with Crippen LogP contribution in [0.3, 0.4) is 0 Å². The molecule has 4 aromatic heterocycles. The molecule has 17 heteroatoms. The zero-order valence-electron chi connectivity index (χ0n) is 35.9. The Morgan fingerprint density at radius 1 is 1.02 bits per heavy atom. The summed E-state index contributed by atoms with van der Waals surface area (Å²) in [6.45, 7) is 8.26. The minimum Gasteiger partial charge on any atom is -0.465 e. The highest BCUT2D eigenvalue weighted by Gasteiger charge is 2.32. The fraction of sp³-hybridized carbons (Fsp3) is 0.391. The highest BCUT2D eigenvalue weighted by molar-refractivity contribution is 6.12. The van der Waals surface area contributed by atoms with Crippen LogP contribution in [0.5, 0.6) is 0 Å². The number of aldehydes is 1. The molecule has 1 aliphatic rings. The van der Waals surface area contributed by atoms with Crippen LogP contribution in [0.1, 0.15) is 91.4 Å². The van der Waals surface area contributed by atoms with Crippen LogP contribution < -0.4 is 21.5 Å². The van der Waals surface area contributed by atoms with Crippen LogP contribution in [0.4, 0.5) is 24.5 Å². The van der Waals surface area contributed by atoms with Crippen LogP contribution in [-0.2, 0) is 34.4 Å². The number of aromatic nitrogens is 5. The number of halogens is 3. The lowest BCUT2D eigenvalue weighted by molar-refractivity contribution is -0.144. The average Bonchev–Trinajstić information content (AvgIpc) is 3.91. The van der Waals surface area contributed by atoms with Gasteiger partial charge in [0, 0.05) is 65.2 Å². The molecule has 2 aromatic carbocycles. The van der Waals surface area contributed by atoms with E-state index in [2.05, 4.69) is 35.7 Å². The van der Waals surface area contributed by atoms with Gasteiger partial charge in [-0.3, -0.25) is 24.3 Å². The van der Waals surface area contributed by atoms with Gasteiger partial charge >= 0.3 is 12.1 Å². The Morgan fingerprint density at radius 3 is 2.48 bits per heavy atom. The van der Waals surface area contributed by atoms with E-state index >= 15 is 0 Å². The average molecular weight is 873 g/mol. The number of anilines is 2. The van der Waals surface area contributed by atoms with Gasteiger partial charge < -0.3 is 34.9 Å². The van der Waals surface area contributed by atoms with Crippen molar-refractivity contribution in [3.05, 3.63) is 118 Å². The summed E-state index contributed by atoms with van der Waals surface area (Å²) < 4.78 is 44.1. The molecule has 1 amide bonds. The second kappa shape index (κ2) is 22.2. The van der Waals surface area contributed by atoms with E-state index in [1.807, 2.05) is 43.6 Å². The van der Waals surface area contributed by atoms with Crippen LogP contribution in [-0.4, -0.2) is 74.3 Å². The largest absolute Gasteiger partial charge is 0.465 e. The molecule has 63 heavy (non-hydrogen) atoms. The summed E-state index contributed by atoms with van der Waals surface area (Å²) in [6.07, 6.45) is 8.90. The third-order valence-electron chi connectivity index (χ3n) is 10.5. The molecule has 0 atom stereocenters. The maximum atomic E-state index is 13.1. The van der Waals surface area contributed by atoms with E-state index in [0.29, 0.717) is 11.3 Å². The van der Waals surface area contributed by atoms with E-state index in [4.69, 9.17) is 4.74 Å². The topological polar surface area (TPSA) is 185 Å². The number of carbonyl (C=O) groups is 3. The first kappa shape index (κ1) is 47.7. The van der Waals surface area contributed by atoms with Crippen LogP contribution >= 0.6 is 0 Å². The molecule has 0 radical (unpaired) electrons. The van der Waals surface area contributed by atoms with E-state index < -0.39 is 23.4 Å². The van der Waals surface area contributed by atoms with Crippen molar-refractivity contribution in [3.8, 4) is 0 Å². The predicted molar refractivity (Wildman–Crippen MR) is 237 cm³/mol. The molecule has 1 aliphatic carbocycles. The zero-order chi connectivity index (χ0) is 45.6. The summed E-state index contributed by atoms with van der Waals surface area (Å²) in [5.41, 5.74) is 2.27. The van der Waals surface area contributed by atoms with Gasteiger partial charge in [0.25, 0.3) is 11.5 Å². The number of H-pyrrole nitrogens is 1. The van der Waals surface area contributed by atoms with Gasteiger partial charge in [-0.1, -0.05) is 31.4 Å². The number of hydrogen-bond donors (Lipinski definition) is 5. The van der Waals surface area contributed by atoms with Gasteiger partial charge in [-0.15, -0.1) is 0 Å². The van der Waals surface area contributed by atoms with Crippen molar-refractivity contribution in [2.24, 2.45) is 5.92 Å². The second-order valence-corrected chi connectivity index (χ2v) is 15.7. The fourth-order valence-electron chi connectivity index (χ4n) is 7.34. The van der Waals surface area contributed by atoms with E-state index in [-0.39, 0.29) is 36.6 Å². The Kier molecular flexibility index (Phi) is 16.8. The van der Waals surface area contributed by atoms with Gasteiger partial charge in [-0.25, -0.2) is 4.98 Å². The van der Waals surface area contributed by atoms with Crippen molar-refractivity contribution < 1.29 is 37.4 Å². The highest BCUT2D eigenvalue weighted by Crippen LogP contribution is 2.31. The van der Waals surface area contributed by atoms with Crippen molar-refractivity contribution in [3.63, 3.8) is 0 Å². The normalized spacial score (nSPS) is 13.1. The number of nitrogens with zero attached hydrogens (tertiary/aromatic N) is 4. The van der Waals surface area contributed by atoms with Gasteiger partial charge in [-0.2, -0.15) is 18.3 Å². The van der Waals surface area contributed by atoms with Crippen LogP contribution in [0.2, 0.25) is 0 Å². The number of aromatic amines is 1. The molecule has 0 spiro atoms. The number of nitrogens with one attached hydrogen (secondary N) is 4. The van der Waals surface area contributed by atoms with E-state index in [0.717, 1.165) is 77.2 Å². The monoisotopic (exact) mass is 872 g/mol. The van der Waals surface area contributed by atoms with Crippen molar-refractivity contribution in [1.82, 2.24) is 29.6 Å². The smallest absolute Gasteiger partial charge is 0.433 e. The summed E-state index contributed by atoms with van der Waals surface area (Å²) in [7, 11) is 1.84. The van der Waals surface area contributed by atoms with Gasteiger partial charge in [0.1, 0.15) is 17.9 Å². The molecule has 6 aromatic rings. The van der Waals surface area contributed by atoms with E-state index in [1.54, 1.807) is 33.0 Å². The number of amides is 1. The number of benzene rings is 2. The van der Waals surface area contributed by atoms with Gasteiger partial charge in [0.05, 0.1) is 29.6 Å². The molecule has 0 unspecified atom stereocenters. The Hall–Kier alpha value is -6.33. The molecule has 14 nitrogen and oxygen atoms in total. The van der Waals surface area contributed by atoms with Crippen LogP contribution in [0, 0.1) is 5.92 Å². The number of aliphatic hydroxyl groups is 1. The maximum absolute atomic E-state index is 13.1. The van der Waals surface area contributed by atoms with E-state index in [1.165, 1.54) is 61.1 Å². The standard InChI is InChI=1S/C28H36N4O4.C11H15N3O.C7H4F3NO/c1-2-36-27(34)20-32-19-22(12-13-26(32)33)30-28(35)24-10-6-11-25-23(24)14-17-31(25)16-7-15-29-18-21-8-4-3-5-9-21;1-11(2,15)8-5-9-7(6-13-14-9)4-10(8)12-3;8-7(9,10)6-3-1-2-5(4-12)11-6/h6,10-14,17,19,21,29H,2-5,7-9,15-16,18,20H2,1H3,(H,30,35);4-6,12,15H,1-3H3,(H,13,14);1-4H. The Balaban J connectivity index is 0.000000225. The fourth-order valence-corrected chi connectivity index (χ4v) is 7.34. The lowest BCUT2D eigenvalue weighted by Crippen LogP contribution is -2.25. The third kappa shape index (κ3) is 13.6. The third-order valence-corrected chi connectivity index (χ3v) is 10.5. The van der Waals surface area contributed by atoms with Crippen LogP contribution in [0.25, 0.3) is 21.8 Å². The SMILES string of the molecule is CCOC(=O)Cn1cc(NC(=O)c2cccc3c2ccn3CCCNCC2CCCCC2)ccc1=O.CNc1cc2cn[nH]c2cc1C(C)(C)O.O=Cc1cccc(C(F)(F)F)n1.